The summed E-state index contributed by atoms with van der Waals surface area (Å²) in [6.07, 6.45) is 0. The number of carboxylic acids is 1. The van der Waals surface area contributed by atoms with Gasteiger partial charge in [-0.05, 0) is 52.3 Å². The monoisotopic (exact) mass is 312 g/mol. The third kappa shape index (κ3) is 3.31. The van der Waals surface area contributed by atoms with E-state index in [4.69, 9.17) is 9.84 Å². The lowest BCUT2D eigenvalue weighted by Crippen LogP contribution is -1.97. The first-order valence-electron chi connectivity index (χ1n) is 4.85. The fraction of sp³-hybridized carbons (Fsp3) is 0.0833. The van der Waals surface area contributed by atoms with Crippen LogP contribution in [0, 0.1) is 0 Å². The Morgan fingerprint density at radius 2 is 1.94 bits per heavy atom. The minimum absolute atomic E-state index is 0.260. The molecular formula is C12H9BrO3S. The van der Waals surface area contributed by atoms with Gasteiger partial charge in [0.2, 0.25) is 0 Å². The number of hydrogen-bond donors (Lipinski definition) is 1. The van der Waals surface area contributed by atoms with Crippen molar-refractivity contribution >= 4 is 33.2 Å². The largest absolute Gasteiger partial charge is 0.488 e. The van der Waals surface area contributed by atoms with E-state index in [1.165, 1.54) is 12.1 Å². The van der Waals surface area contributed by atoms with Crippen LogP contribution in [0.5, 0.6) is 5.75 Å². The molecule has 0 fully saturated rings. The topological polar surface area (TPSA) is 46.5 Å². The van der Waals surface area contributed by atoms with Crippen molar-refractivity contribution in [2.75, 3.05) is 0 Å². The Hall–Kier alpha value is -1.33. The van der Waals surface area contributed by atoms with Crippen LogP contribution in [-0.2, 0) is 6.61 Å². The smallest absolute Gasteiger partial charge is 0.335 e. The zero-order valence-corrected chi connectivity index (χ0v) is 11.1. The molecule has 0 radical (unpaired) electrons. The van der Waals surface area contributed by atoms with Crippen LogP contribution < -0.4 is 4.74 Å². The Morgan fingerprint density at radius 3 is 2.47 bits per heavy atom. The molecule has 1 aromatic carbocycles. The molecule has 5 heteroatoms. The van der Waals surface area contributed by atoms with Gasteiger partial charge in [0.1, 0.15) is 12.4 Å². The Labute approximate surface area is 111 Å². The molecule has 0 bridgehead atoms. The third-order valence-corrected chi connectivity index (χ3v) is 3.71. The Balaban J connectivity index is 1.97. The normalized spacial score (nSPS) is 10.2. The van der Waals surface area contributed by atoms with Crippen molar-refractivity contribution in [1.82, 2.24) is 0 Å². The van der Waals surface area contributed by atoms with Gasteiger partial charge in [-0.1, -0.05) is 0 Å². The Morgan fingerprint density at radius 1 is 1.24 bits per heavy atom. The summed E-state index contributed by atoms with van der Waals surface area (Å²) < 4.78 is 6.60. The highest BCUT2D eigenvalue weighted by molar-refractivity contribution is 9.11. The van der Waals surface area contributed by atoms with E-state index in [2.05, 4.69) is 15.9 Å². The number of rotatable bonds is 4. The van der Waals surface area contributed by atoms with Gasteiger partial charge in [0.25, 0.3) is 0 Å². The zero-order valence-electron chi connectivity index (χ0n) is 8.72. The summed E-state index contributed by atoms with van der Waals surface area (Å²) in [7, 11) is 0. The van der Waals surface area contributed by atoms with Gasteiger partial charge in [-0.25, -0.2) is 4.79 Å². The van der Waals surface area contributed by atoms with E-state index in [-0.39, 0.29) is 5.56 Å². The van der Waals surface area contributed by atoms with Gasteiger partial charge in [0, 0.05) is 4.88 Å². The van der Waals surface area contributed by atoms with Crippen LogP contribution in [-0.4, -0.2) is 11.1 Å². The van der Waals surface area contributed by atoms with Gasteiger partial charge in [-0.3, -0.25) is 0 Å². The second kappa shape index (κ2) is 5.33. The van der Waals surface area contributed by atoms with Gasteiger partial charge in [0.15, 0.2) is 0 Å². The van der Waals surface area contributed by atoms with Crippen LogP contribution >= 0.6 is 27.3 Å². The molecule has 0 spiro atoms. The molecule has 0 atom stereocenters. The Kier molecular flexibility index (Phi) is 3.81. The van der Waals surface area contributed by atoms with Crippen molar-refractivity contribution in [1.29, 1.82) is 0 Å². The summed E-state index contributed by atoms with van der Waals surface area (Å²) in [6.45, 7) is 0.489. The molecule has 0 unspecified atom stereocenters. The van der Waals surface area contributed by atoms with Crippen molar-refractivity contribution in [2.24, 2.45) is 0 Å². The summed E-state index contributed by atoms with van der Waals surface area (Å²) in [5, 5.41) is 8.74. The van der Waals surface area contributed by atoms with Crippen molar-refractivity contribution in [2.45, 2.75) is 6.61 Å². The highest BCUT2D eigenvalue weighted by Crippen LogP contribution is 2.23. The lowest BCUT2D eigenvalue weighted by atomic mass is 10.2. The molecule has 17 heavy (non-hydrogen) atoms. The number of hydrogen-bond acceptors (Lipinski definition) is 3. The van der Waals surface area contributed by atoms with Crippen LogP contribution in [0.1, 0.15) is 15.2 Å². The first kappa shape index (κ1) is 12.1. The number of carboxylic acid groups (broad SMARTS) is 1. The van der Waals surface area contributed by atoms with Crippen molar-refractivity contribution in [3.05, 3.63) is 50.6 Å². The lowest BCUT2D eigenvalue weighted by Gasteiger charge is -2.04. The van der Waals surface area contributed by atoms with Crippen molar-refractivity contribution in [3.63, 3.8) is 0 Å². The molecule has 2 rings (SSSR count). The SMILES string of the molecule is O=C(O)c1ccc(OCc2ccc(Br)s2)cc1. The number of aromatic carboxylic acids is 1. The van der Waals surface area contributed by atoms with E-state index in [0.717, 1.165) is 8.66 Å². The van der Waals surface area contributed by atoms with Gasteiger partial charge in [-0.15, -0.1) is 11.3 Å². The molecular weight excluding hydrogens is 304 g/mol. The fourth-order valence-corrected chi connectivity index (χ4v) is 2.67. The van der Waals surface area contributed by atoms with E-state index < -0.39 is 5.97 Å². The van der Waals surface area contributed by atoms with Crippen LogP contribution in [0.25, 0.3) is 0 Å². The van der Waals surface area contributed by atoms with E-state index in [9.17, 15) is 4.79 Å². The summed E-state index contributed by atoms with van der Waals surface area (Å²) in [6, 6.07) is 10.3. The van der Waals surface area contributed by atoms with Crippen LogP contribution in [0.2, 0.25) is 0 Å². The molecule has 3 nitrogen and oxygen atoms in total. The maximum absolute atomic E-state index is 10.6. The molecule has 2 aromatic rings. The lowest BCUT2D eigenvalue weighted by molar-refractivity contribution is 0.0697. The molecule has 0 amide bonds. The quantitative estimate of drug-likeness (QED) is 0.934. The van der Waals surface area contributed by atoms with E-state index in [1.807, 2.05) is 12.1 Å². The molecule has 1 heterocycles. The van der Waals surface area contributed by atoms with Crippen molar-refractivity contribution < 1.29 is 14.6 Å². The molecule has 0 aliphatic rings. The van der Waals surface area contributed by atoms with Crippen LogP contribution in [0.3, 0.4) is 0 Å². The third-order valence-electron chi connectivity index (χ3n) is 2.11. The van der Waals surface area contributed by atoms with Crippen molar-refractivity contribution in [3.8, 4) is 5.75 Å². The highest BCUT2D eigenvalue weighted by Gasteiger charge is 2.03. The summed E-state index contributed by atoms with van der Waals surface area (Å²) >= 11 is 4.99. The van der Waals surface area contributed by atoms with Crippen LogP contribution in [0.4, 0.5) is 0 Å². The highest BCUT2D eigenvalue weighted by atomic mass is 79.9. The van der Waals surface area contributed by atoms with Gasteiger partial charge >= 0.3 is 5.97 Å². The van der Waals surface area contributed by atoms with Crippen LogP contribution in [0.15, 0.2) is 40.2 Å². The first-order valence-corrected chi connectivity index (χ1v) is 6.46. The average molecular weight is 313 g/mol. The number of ether oxygens (including phenoxy) is 1. The van der Waals surface area contributed by atoms with Gasteiger partial charge in [0.05, 0.1) is 9.35 Å². The van der Waals surface area contributed by atoms with E-state index >= 15 is 0 Å². The summed E-state index contributed by atoms with van der Waals surface area (Å²) in [5.74, 6) is -0.266. The van der Waals surface area contributed by atoms with Gasteiger partial charge < -0.3 is 9.84 Å². The predicted molar refractivity (Wildman–Crippen MR) is 69.8 cm³/mol. The molecule has 0 aliphatic heterocycles. The predicted octanol–water partition coefficient (Wildman–Crippen LogP) is 3.79. The number of halogens is 1. The Bertz CT molecular complexity index is 519. The molecule has 1 N–H and O–H groups in total. The average Bonchev–Trinajstić information content (AvgIpc) is 2.73. The summed E-state index contributed by atoms with van der Waals surface area (Å²) in [4.78, 5) is 11.8. The van der Waals surface area contributed by atoms with Gasteiger partial charge in [-0.2, -0.15) is 0 Å². The molecule has 0 aliphatic carbocycles. The second-order valence-electron chi connectivity index (χ2n) is 3.32. The standard InChI is InChI=1S/C12H9BrO3S/c13-11-6-5-10(17-11)7-16-9-3-1-8(2-4-9)12(14)15/h1-6H,7H2,(H,14,15). The number of thiophene rings is 1. The van der Waals surface area contributed by atoms with E-state index in [0.29, 0.717) is 12.4 Å². The van der Waals surface area contributed by atoms with E-state index in [1.54, 1.807) is 23.5 Å². The maximum atomic E-state index is 10.6. The number of carbonyl (C=O) groups is 1. The molecule has 88 valence electrons. The zero-order chi connectivity index (χ0) is 12.3. The number of benzene rings is 1. The molecule has 0 saturated carbocycles. The first-order chi connectivity index (χ1) is 8.15. The molecule has 0 saturated heterocycles. The summed E-state index contributed by atoms with van der Waals surface area (Å²) in [5.41, 5.74) is 0.260. The molecule has 1 aromatic heterocycles. The fourth-order valence-electron chi connectivity index (χ4n) is 1.28. The second-order valence-corrected chi connectivity index (χ2v) is 5.87. The minimum atomic E-state index is -0.932. The minimum Gasteiger partial charge on any atom is -0.488 e. The maximum Gasteiger partial charge on any atom is 0.335 e.